The smallest absolute Gasteiger partial charge is 0.232 e. The summed E-state index contributed by atoms with van der Waals surface area (Å²) in [4.78, 5) is 0. The molecule has 0 saturated heterocycles. The predicted octanol–water partition coefficient (Wildman–Crippen LogP) is 3.99. The number of hydrogen-bond donors (Lipinski definition) is 0. The van der Waals surface area contributed by atoms with Crippen molar-refractivity contribution >= 4 is 10.0 Å². The first-order chi connectivity index (χ1) is 15.4. The zero-order valence-electron chi connectivity index (χ0n) is 18.9. The van der Waals surface area contributed by atoms with Crippen LogP contribution in [-0.2, 0) is 37.4 Å². The van der Waals surface area contributed by atoms with Crippen LogP contribution in [0.2, 0.25) is 0 Å². The van der Waals surface area contributed by atoms with Crippen molar-refractivity contribution in [1.82, 2.24) is 4.31 Å². The van der Waals surface area contributed by atoms with Crippen LogP contribution in [0.15, 0.2) is 72.4 Å². The third-order valence-electron chi connectivity index (χ3n) is 5.67. The maximum atomic E-state index is 12.4. The van der Waals surface area contributed by atoms with E-state index in [2.05, 4.69) is 0 Å². The minimum absolute atomic E-state index is 0.249. The van der Waals surface area contributed by atoms with Crippen LogP contribution in [0, 0.1) is 5.41 Å². The Balaban J connectivity index is 1.74. The monoisotopic (exact) mass is 459 g/mol. The molecule has 2 aromatic carbocycles. The first-order valence-corrected chi connectivity index (χ1v) is 12.7. The summed E-state index contributed by atoms with van der Waals surface area (Å²) in [5.41, 5.74) is 2.55. The normalized spacial score (nSPS) is 16.4. The zero-order chi connectivity index (χ0) is 22.9. The molecule has 3 rings (SSSR count). The molecule has 0 spiro atoms. The Kier molecular flexibility index (Phi) is 8.87. The molecule has 0 saturated carbocycles. The van der Waals surface area contributed by atoms with Gasteiger partial charge in [0.25, 0.3) is 0 Å². The van der Waals surface area contributed by atoms with Crippen molar-refractivity contribution in [3.8, 4) is 0 Å². The summed E-state index contributed by atoms with van der Waals surface area (Å²) in [6.45, 7) is 2.59. The Morgan fingerprint density at radius 3 is 1.88 bits per heavy atom. The van der Waals surface area contributed by atoms with E-state index in [4.69, 9.17) is 14.2 Å². The zero-order valence-corrected chi connectivity index (χ0v) is 19.7. The summed E-state index contributed by atoms with van der Waals surface area (Å²) in [5, 5.41) is 0. The molecule has 1 heterocycles. The lowest BCUT2D eigenvalue weighted by Gasteiger charge is -2.32. The van der Waals surface area contributed by atoms with Gasteiger partial charge in [0, 0.05) is 19.1 Å². The molecule has 0 aromatic heterocycles. The fourth-order valence-corrected chi connectivity index (χ4v) is 4.88. The molecule has 0 N–H and O–H groups in total. The maximum Gasteiger partial charge on any atom is 0.232 e. The van der Waals surface area contributed by atoms with Gasteiger partial charge in [0.05, 0.1) is 45.0 Å². The molecule has 32 heavy (non-hydrogen) atoms. The van der Waals surface area contributed by atoms with Crippen LogP contribution in [0.25, 0.3) is 0 Å². The second kappa shape index (κ2) is 11.6. The van der Waals surface area contributed by atoms with Crippen molar-refractivity contribution in [2.24, 2.45) is 5.41 Å². The van der Waals surface area contributed by atoms with Crippen LogP contribution in [0.5, 0.6) is 0 Å². The topological polar surface area (TPSA) is 65.1 Å². The van der Waals surface area contributed by atoms with Crippen LogP contribution in [-0.4, -0.2) is 52.5 Å². The second-order valence-electron chi connectivity index (χ2n) is 8.37. The summed E-state index contributed by atoms with van der Waals surface area (Å²) in [6, 6.07) is 20.1. The van der Waals surface area contributed by atoms with Crippen LogP contribution >= 0.6 is 0 Å². The van der Waals surface area contributed by atoms with Crippen molar-refractivity contribution in [1.29, 1.82) is 0 Å². The number of ether oxygens (including phenoxy) is 3. The first kappa shape index (κ1) is 24.5. The van der Waals surface area contributed by atoms with Gasteiger partial charge in [-0.3, -0.25) is 4.31 Å². The molecule has 0 aliphatic carbocycles. The van der Waals surface area contributed by atoms with Crippen LogP contribution in [0.4, 0.5) is 0 Å². The number of hydrogen-bond acceptors (Lipinski definition) is 5. The van der Waals surface area contributed by atoms with Crippen LogP contribution in [0.1, 0.15) is 24.0 Å². The standard InChI is InChI=1S/C25H33NO5S/c1-29-19-24-13-14-25(15-16-26(24)32(2,27)28,20-30-17-22-9-5-3-6-10-22)21-31-18-23-11-7-4-8-12-23/h3-13H,14-21H2,1-2H3. The predicted molar refractivity (Wildman–Crippen MR) is 125 cm³/mol. The molecular weight excluding hydrogens is 426 g/mol. The number of allylic oxidation sites excluding steroid dienone is 1. The summed E-state index contributed by atoms with van der Waals surface area (Å²) >= 11 is 0. The molecular formula is C25H33NO5S. The van der Waals surface area contributed by atoms with Gasteiger partial charge in [-0.2, -0.15) is 0 Å². The van der Waals surface area contributed by atoms with E-state index in [1.165, 1.54) is 10.6 Å². The largest absolute Gasteiger partial charge is 0.378 e. The fraction of sp³-hybridized carbons (Fsp3) is 0.440. The van der Waals surface area contributed by atoms with E-state index in [1.807, 2.05) is 66.7 Å². The molecule has 174 valence electrons. The van der Waals surface area contributed by atoms with E-state index >= 15 is 0 Å². The summed E-state index contributed by atoms with van der Waals surface area (Å²) < 4.78 is 43.8. The summed E-state index contributed by atoms with van der Waals surface area (Å²) in [7, 11) is -1.82. The Morgan fingerprint density at radius 1 is 0.875 bits per heavy atom. The van der Waals surface area contributed by atoms with Crippen molar-refractivity contribution in [2.45, 2.75) is 26.1 Å². The van der Waals surface area contributed by atoms with E-state index in [0.717, 1.165) is 11.1 Å². The molecule has 0 bridgehead atoms. The van der Waals surface area contributed by atoms with Gasteiger partial charge >= 0.3 is 0 Å². The van der Waals surface area contributed by atoms with E-state index in [-0.39, 0.29) is 12.0 Å². The molecule has 0 atom stereocenters. The molecule has 0 unspecified atom stereocenters. The lowest BCUT2D eigenvalue weighted by molar-refractivity contribution is -0.0358. The van der Waals surface area contributed by atoms with Crippen molar-refractivity contribution in [3.63, 3.8) is 0 Å². The van der Waals surface area contributed by atoms with Gasteiger partial charge in [0.15, 0.2) is 0 Å². The highest BCUT2D eigenvalue weighted by atomic mass is 32.2. The van der Waals surface area contributed by atoms with E-state index in [0.29, 0.717) is 51.5 Å². The minimum atomic E-state index is -3.39. The highest BCUT2D eigenvalue weighted by Crippen LogP contribution is 2.34. The average Bonchev–Trinajstić information content (AvgIpc) is 2.96. The number of sulfonamides is 1. The molecule has 6 nitrogen and oxygen atoms in total. The SMILES string of the molecule is COCC1=CCC(COCc2ccccc2)(COCc2ccccc2)CCN1S(C)(=O)=O. The van der Waals surface area contributed by atoms with Crippen LogP contribution in [0.3, 0.4) is 0 Å². The first-order valence-electron chi connectivity index (χ1n) is 10.8. The Labute approximate surface area is 191 Å². The summed E-state index contributed by atoms with van der Waals surface area (Å²) in [6.07, 6.45) is 4.49. The Morgan fingerprint density at radius 2 is 1.41 bits per heavy atom. The van der Waals surface area contributed by atoms with Gasteiger partial charge in [-0.05, 0) is 24.0 Å². The lowest BCUT2D eigenvalue weighted by atomic mass is 9.83. The number of methoxy groups -OCH3 is 1. The van der Waals surface area contributed by atoms with Crippen molar-refractivity contribution < 1.29 is 22.6 Å². The van der Waals surface area contributed by atoms with Gasteiger partial charge in [0.2, 0.25) is 10.0 Å². The van der Waals surface area contributed by atoms with Gasteiger partial charge in [-0.1, -0.05) is 66.7 Å². The number of benzene rings is 2. The third-order valence-corrected chi connectivity index (χ3v) is 6.89. The van der Waals surface area contributed by atoms with Gasteiger partial charge < -0.3 is 14.2 Å². The molecule has 7 heteroatoms. The van der Waals surface area contributed by atoms with Crippen molar-refractivity contribution in [2.75, 3.05) is 39.7 Å². The lowest BCUT2D eigenvalue weighted by Crippen LogP contribution is -2.36. The van der Waals surface area contributed by atoms with E-state index in [9.17, 15) is 8.42 Å². The van der Waals surface area contributed by atoms with E-state index in [1.54, 1.807) is 7.11 Å². The molecule has 0 radical (unpaired) electrons. The Hall–Kier alpha value is -2.19. The van der Waals surface area contributed by atoms with Crippen LogP contribution < -0.4 is 0 Å². The highest BCUT2D eigenvalue weighted by molar-refractivity contribution is 7.88. The van der Waals surface area contributed by atoms with Crippen molar-refractivity contribution in [3.05, 3.63) is 83.6 Å². The number of nitrogens with zero attached hydrogens (tertiary/aromatic N) is 1. The molecule has 2 aromatic rings. The van der Waals surface area contributed by atoms with Gasteiger partial charge in [-0.15, -0.1) is 0 Å². The Bertz CT molecular complexity index is 915. The molecule has 0 fully saturated rings. The minimum Gasteiger partial charge on any atom is -0.378 e. The highest BCUT2D eigenvalue weighted by Gasteiger charge is 2.35. The maximum absolute atomic E-state index is 12.4. The van der Waals surface area contributed by atoms with E-state index < -0.39 is 10.0 Å². The quantitative estimate of drug-likeness (QED) is 0.508. The fourth-order valence-electron chi connectivity index (χ4n) is 3.90. The third kappa shape index (κ3) is 7.17. The molecule has 0 amide bonds. The molecule has 1 aliphatic rings. The van der Waals surface area contributed by atoms with Gasteiger partial charge in [-0.25, -0.2) is 8.42 Å². The number of rotatable bonds is 11. The second-order valence-corrected chi connectivity index (χ2v) is 10.3. The summed E-state index contributed by atoms with van der Waals surface area (Å²) in [5.74, 6) is 0. The average molecular weight is 460 g/mol. The van der Waals surface area contributed by atoms with Gasteiger partial charge in [0.1, 0.15) is 0 Å². The molecule has 1 aliphatic heterocycles.